The van der Waals surface area contributed by atoms with Crippen LogP contribution in [0.1, 0.15) is 15.2 Å². The summed E-state index contributed by atoms with van der Waals surface area (Å²) in [6.07, 6.45) is 3.38. The smallest absolute Gasteiger partial charge is 0.281 e. The number of fused-ring (bicyclic) bond motifs is 2. The molecule has 0 saturated heterocycles. The number of thiophene rings is 1. The van der Waals surface area contributed by atoms with Gasteiger partial charge < -0.3 is 4.98 Å². The highest BCUT2D eigenvalue weighted by Crippen LogP contribution is 2.29. The summed E-state index contributed by atoms with van der Waals surface area (Å²) in [5, 5.41) is 16.5. The predicted octanol–water partition coefficient (Wildman–Crippen LogP) is 4.82. The Morgan fingerprint density at radius 2 is 2.11 bits per heavy atom. The minimum absolute atomic E-state index is 0.00391. The van der Waals surface area contributed by atoms with Gasteiger partial charge in [-0.3, -0.25) is 14.9 Å². The molecule has 1 amide bonds. The summed E-state index contributed by atoms with van der Waals surface area (Å²) in [6, 6.07) is 12.0. The van der Waals surface area contributed by atoms with E-state index in [-0.39, 0.29) is 11.6 Å². The van der Waals surface area contributed by atoms with Crippen LogP contribution in [-0.2, 0) is 0 Å². The van der Waals surface area contributed by atoms with E-state index in [1.54, 1.807) is 18.3 Å². The van der Waals surface area contributed by atoms with E-state index in [2.05, 4.69) is 31.4 Å². The molecule has 7 nitrogen and oxygen atoms in total. The lowest BCUT2D eigenvalue weighted by molar-refractivity contribution is -0.384. The summed E-state index contributed by atoms with van der Waals surface area (Å²) >= 11 is 4.69. The second-order valence-corrected chi connectivity index (χ2v) is 7.72. The highest BCUT2D eigenvalue weighted by molar-refractivity contribution is 9.10. The molecule has 0 saturated carbocycles. The molecule has 27 heavy (non-hydrogen) atoms. The Morgan fingerprint density at radius 1 is 1.26 bits per heavy atom. The highest BCUT2D eigenvalue weighted by atomic mass is 79.9. The quantitative estimate of drug-likeness (QED) is 0.269. The van der Waals surface area contributed by atoms with Crippen molar-refractivity contribution in [2.75, 3.05) is 0 Å². The van der Waals surface area contributed by atoms with Gasteiger partial charge in [-0.15, -0.1) is 11.3 Å². The number of hydrogen-bond acceptors (Lipinski definition) is 5. The fraction of sp³-hybridized carbons (Fsp3) is 0. The molecule has 0 bridgehead atoms. The molecule has 2 heterocycles. The number of H-pyrrole nitrogens is 1. The Bertz CT molecular complexity index is 1230. The summed E-state index contributed by atoms with van der Waals surface area (Å²) < 4.78 is 1.75. The first-order chi connectivity index (χ1) is 13.0. The van der Waals surface area contributed by atoms with Gasteiger partial charge in [-0.1, -0.05) is 15.9 Å². The van der Waals surface area contributed by atoms with E-state index in [0.29, 0.717) is 10.3 Å². The molecule has 2 N–H and O–H groups in total. The van der Waals surface area contributed by atoms with Crippen LogP contribution in [0.25, 0.3) is 21.0 Å². The number of benzene rings is 2. The van der Waals surface area contributed by atoms with Gasteiger partial charge in [0, 0.05) is 49.4 Å². The molecule has 4 rings (SSSR count). The Balaban J connectivity index is 1.53. The van der Waals surface area contributed by atoms with Crippen molar-refractivity contribution in [3.05, 3.63) is 73.7 Å². The third-order valence-corrected chi connectivity index (χ3v) is 5.59. The van der Waals surface area contributed by atoms with Crippen LogP contribution in [0.5, 0.6) is 0 Å². The van der Waals surface area contributed by atoms with E-state index in [1.807, 2.05) is 24.4 Å². The average Bonchev–Trinajstić information content (AvgIpc) is 3.25. The predicted molar refractivity (Wildman–Crippen MR) is 110 cm³/mol. The van der Waals surface area contributed by atoms with Gasteiger partial charge >= 0.3 is 0 Å². The van der Waals surface area contributed by atoms with Gasteiger partial charge in [0.05, 0.1) is 16.0 Å². The zero-order valence-electron chi connectivity index (χ0n) is 13.6. The fourth-order valence-electron chi connectivity index (χ4n) is 2.69. The summed E-state index contributed by atoms with van der Waals surface area (Å²) in [5.41, 5.74) is 4.31. The number of hydrazone groups is 1. The lowest BCUT2D eigenvalue weighted by Crippen LogP contribution is -2.16. The first kappa shape index (κ1) is 17.4. The number of aromatic nitrogens is 1. The number of rotatable bonds is 4. The third kappa shape index (κ3) is 3.46. The van der Waals surface area contributed by atoms with Crippen LogP contribution in [-0.4, -0.2) is 22.0 Å². The molecular weight excluding hydrogens is 432 g/mol. The van der Waals surface area contributed by atoms with E-state index in [9.17, 15) is 14.9 Å². The number of hydrogen-bond donors (Lipinski definition) is 2. The highest BCUT2D eigenvalue weighted by Gasteiger charge is 2.13. The molecule has 134 valence electrons. The molecule has 0 unspecified atom stereocenters. The van der Waals surface area contributed by atoms with Crippen molar-refractivity contribution in [2.24, 2.45) is 5.10 Å². The van der Waals surface area contributed by atoms with Crippen LogP contribution in [0.15, 0.2) is 58.2 Å². The van der Waals surface area contributed by atoms with Gasteiger partial charge in [-0.2, -0.15) is 5.10 Å². The molecule has 0 aliphatic heterocycles. The number of nitrogens with one attached hydrogen (secondary N) is 2. The summed E-state index contributed by atoms with van der Waals surface area (Å²) in [7, 11) is 0. The van der Waals surface area contributed by atoms with E-state index in [4.69, 9.17) is 0 Å². The summed E-state index contributed by atoms with van der Waals surface area (Å²) in [4.78, 5) is 26.3. The minimum Gasteiger partial charge on any atom is -0.361 e. The summed E-state index contributed by atoms with van der Waals surface area (Å²) in [5.74, 6) is -0.365. The second kappa shape index (κ2) is 6.93. The van der Waals surface area contributed by atoms with Crippen molar-refractivity contribution in [1.82, 2.24) is 10.4 Å². The molecule has 9 heteroatoms. The first-order valence-electron chi connectivity index (χ1n) is 7.79. The van der Waals surface area contributed by atoms with Crippen molar-refractivity contribution >= 4 is 66.1 Å². The van der Waals surface area contributed by atoms with Gasteiger partial charge in [0.2, 0.25) is 0 Å². The average molecular weight is 443 g/mol. The Hall–Kier alpha value is -3.04. The number of nitro benzene ring substituents is 1. The molecular formula is C18H11BrN4O3S. The number of amides is 1. The number of nitro groups is 1. The van der Waals surface area contributed by atoms with Crippen molar-refractivity contribution in [2.45, 2.75) is 0 Å². The monoisotopic (exact) mass is 442 g/mol. The standard InChI is InChI=1S/C18H11BrN4O3S/c19-12-1-3-15-14(7-12)11(8-20-15)9-21-22-18(24)17-6-10-5-13(23(25)26)2-4-16(10)27-17/h1-9,20H,(H,22,24). The number of halogens is 1. The molecule has 2 aromatic heterocycles. The van der Waals surface area contributed by atoms with E-state index in [1.165, 1.54) is 23.5 Å². The van der Waals surface area contributed by atoms with Crippen LogP contribution in [0.4, 0.5) is 5.69 Å². The van der Waals surface area contributed by atoms with Gasteiger partial charge in [-0.25, -0.2) is 5.43 Å². The SMILES string of the molecule is O=C(NN=Cc1c[nH]c2ccc(Br)cc12)c1cc2cc([N+](=O)[O-])ccc2s1. The van der Waals surface area contributed by atoms with Crippen molar-refractivity contribution < 1.29 is 9.72 Å². The molecule has 0 radical (unpaired) electrons. The van der Waals surface area contributed by atoms with Gasteiger partial charge in [0.15, 0.2) is 0 Å². The number of carbonyl (C=O) groups excluding carboxylic acids is 1. The Kier molecular flexibility index (Phi) is 4.46. The Morgan fingerprint density at radius 3 is 2.93 bits per heavy atom. The minimum atomic E-state index is -0.458. The van der Waals surface area contributed by atoms with Crippen molar-refractivity contribution in [3.8, 4) is 0 Å². The number of non-ortho nitro benzene ring substituents is 1. The van der Waals surface area contributed by atoms with Crippen LogP contribution < -0.4 is 5.43 Å². The van der Waals surface area contributed by atoms with Crippen LogP contribution in [0.2, 0.25) is 0 Å². The fourth-order valence-corrected chi connectivity index (χ4v) is 3.99. The van der Waals surface area contributed by atoms with Crippen LogP contribution in [0.3, 0.4) is 0 Å². The zero-order chi connectivity index (χ0) is 19.0. The van der Waals surface area contributed by atoms with E-state index >= 15 is 0 Å². The van der Waals surface area contributed by atoms with Gasteiger partial charge in [0.1, 0.15) is 0 Å². The molecule has 0 aliphatic rings. The second-order valence-electron chi connectivity index (χ2n) is 5.72. The molecule has 0 spiro atoms. The lowest BCUT2D eigenvalue weighted by Gasteiger charge is -1.96. The van der Waals surface area contributed by atoms with Crippen LogP contribution in [0, 0.1) is 10.1 Å². The molecule has 4 aromatic rings. The van der Waals surface area contributed by atoms with E-state index < -0.39 is 4.92 Å². The lowest BCUT2D eigenvalue weighted by atomic mass is 10.2. The molecule has 0 atom stereocenters. The number of nitrogens with zero attached hydrogens (tertiary/aromatic N) is 2. The maximum Gasteiger partial charge on any atom is 0.281 e. The molecule has 2 aromatic carbocycles. The maximum absolute atomic E-state index is 12.3. The third-order valence-electron chi connectivity index (χ3n) is 3.98. The first-order valence-corrected chi connectivity index (χ1v) is 9.40. The largest absolute Gasteiger partial charge is 0.361 e. The van der Waals surface area contributed by atoms with Crippen molar-refractivity contribution in [3.63, 3.8) is 0 Å². The number of carbonyl (C=O) groups is 1. The van der Waals surface area contributed by atoms with Gasteiger partial charge in [-0.05, 0) is 30.3 Å². The normalized spacial score (nSPS) is 11.4. The van der Waals surface area contributed by atoms with Gasteiger partial charge in [0.25, 0.3) is 11.6 Å². The molecule has 0 aliphatic carbocycles. The summed E-state index contributed by atoms with van der Waals surface area (Å²) in [6.45, 7) is 0. The molecule has 0 fully saturated rings. The van der Waals surface area contributed by atoms with Crippen molar-refractivity contribution in [1.29, 1.82) is 0 Å². The topological polar surface area (TPSA) is 100 Å². The van der Waals surface area contributed by atoms with E-state index in [0.717, 1.165) is 25.6 Å². The maximum atomic E-state index is 12.3. The number of aromatic amines is 1. The zero-order valence-corrected chi connectivity index (χ0v) is 16.0. The Labute approximate surface area is 165 Å². The van der Waals surface area contributed by atoms with Crippen LogP contribution >= 0.6 is 27.3 Å².